The minimum Gasteiger partial charge on any atom is -0.508 e. The molecule has 0 saturated heterocycles. The first-order valence-corrected chi connectivity index (χ1v) is 6.93. The van der Waals surface area contributed by atoms with Crippen LogP contribution in [0.2, 0.25) is 0 Å². The molecule has 0 bridgehead atoms. The number of anilines is 4. The number of hydrogen-bond acceptors (Lipinski definition) is 7. The number of aryl methyl sites for hydroxylation is 1. The molecule has 0 unspecified atom stereocenters. The van der Waals surface area contributed by atoms with Crippen molar-refractivity contribution in [3.63, 3.8) is 0 Å². The summed E-state index contributed by atoms with van der Waals surface area (Å²) in [6.07, 6.45) is 0. The lowest BCUT2D eigenvalue weighted by Gasteiger charge is -2.09. The van der Waals surface area contributed by atoms with Crippen LogP contribution in [-0.4, -0.2) is 25.2 Å². The van der Waals surface area contributed by atoms with Gasteiger partial charge in [-0.25, -0.2) is 0 Å². The average Bonchev–Trinajstić information content (AvgIpc) is 2.46. The van der Waals surface area contributed by atoms with E-state index in [9.17, 15) is 10.2 Å². The van der Waals surface area contributed by atoms with Gasteiger partial charge in [-0.15, -0.1) is 0 Å². The fourth-order valence-corrected chi connectivity index (χ4v) is 2.02. The van der Waals surface area contributed by atoms with Gasteiger partial charge >= 0.3 is 0 Å². The second-order valence-electron chi connectivity index (χ2n) is 4.88. The number of aromatic hydroxyl groups is 2. The van der Waals surface area contributed by atoms with Crippen molar-refractivity contribution >= 4 is 23.3 Å². The average molecular weight is 309 g/mol. The van der Waals surface area contributed by atoms with E-state index in [-0.39, 0.29) is 11.5 Å². The van der Waals surface area contributed by atoms with Crippen LogP contribution in [0.3, 0.4) is 0 Å². The minimum absolute atomic E-state index is 0.152. The Hall–Kier alpha value is -3.35. The van der Waals surface area contributed by atoms with Crippen molar-refractivity contribution in [2.24, 2.45) is 0 Å². The van der Waals surface area contributed by atoms with Gasteiger partial charge in [0.05, 0.1) is 0 Å². The zero-order chi connectivity index (χ0) is 16.2. The number of aromatic nitrogens is 3. The molecule has 0 aliphatic heterocycles. The monoisotopic (exact) mass is 309 g/mol. The fourth-order valence-electron chi connectivity index (χ4n) is 2.02. The first-order valence-electron chi connectivity index (χ1n) is 6.93. The molecule has 0 fully saturated rings. The first-order chi connectivity index (χ1) is 11.1. The van der Waals surface area contributed by atoms with Gasteiger partial charge in [-0.05, 0) is 31.2 Å². The van der Waals surface area contributed by atoms with E-state index >= 15 is 0 Å². The summed E-state index contributed by atoms with van der Waals surface area (Å²) in [5, 5.41) is 25.0. The smallest absolute Gasteiger partial charge is 0.232 e. The molecule has 0 aliphatic carbocycles. The Morgan fingerprint density at radius 2 is 1.22 bits per heavy atom. The van der Waals surface area contributed by atoms with Crippen molar-refractivity contribution in [3.8, 4) is 11.5 Å². The van der Waals surface area contributed by atoms with E-state index in [2.05, 4.69) is 25.6 Å². The fraction of sp³-hybridized carbons (Fsp3) is 0.0625. The van der Waals surface area contributed by atoms with Gasteiger partial charge < -0.3 is 20.8 Å². The molecule has 0 atom stereocenters. The maximum absolute atomic E-state index is 9.49. The summed E-state index contributed by atoms with van der Waals surface area (Å²) in [4.78, 5) is 12.7. The lowest BCUT2D eigenvalue weighted by molar-refractivity contribution is 0.475. The quantitative estimate of drug-likeness (QED) is 0.587. The summed E-state index contributed by atoms with van der Waals surface area (Å²) in [5.41, 5.74) is 1.33. The van der Waals surface area contributed by atoms with Crippen LogP contribution in [0.1, 0.15) is 5.82 Å². The highest BCUT2D eigenvalue weighted by Crippen LogP contribution is 2.21. The van der Waals surface area contributed by atoms with Crippen molar-refractivity contribution in [1.29, 1.82) is 0 Å². The van der Waals surface area contributed by atoms with Gasteiger partial charge in [0.25, 0.3) is 0 Å². The number of phenols is 2. The number of rotatable bonds is 4. The molecular weight excluding hydrogens is 294 g/mol. The van der Waals surface area contributed by atoms with Crippen LogP contribution >= 0.6 is 0 Å². The Morgan fingerprint density at radius 3 is 1.65 bits per heavy atom. The SMILES string of the molecule is Cc1nc(Nc2cccc(O)c2)nc(Nc2cccc(O)c2)n1. The molecule has 4 N–H and O–H groups in total. The van der Waals surface area contributed by atoms with Gasteiger partial charge in [0.1, 0.15) is 17.3 Å². The summed E-state index contributed by atoms with van der Waals surface area (Å²) in [6.45, 7) is 1.75. The Labute approximate surface area is 132 Å². The van der Waals surface area contributed by atoms with E-state index in [1.807, 2.05) is 0 Å². The molecule has 0 spiro atoms. The molecule has 0 saturated carbocycles. The summed E-state index contributed by atoms with van der Waals surface area (Å²) in [7, 11) is 0. The normalized spacial score (nSPS) is 10.3. The molecular formula is C16H15N5O2. The number of benzene rings is 2. The summed E-state index contributed by atoms with van der Waals surface area (Å²) in [6, 6.07) is 13.3. The first kappa shape index (κ1) is 14.6. The molecule has 7 heteroatoms. The Kier molecular flexibility index (Phi) is 3.92. The summed E-state index contributed by atoms with van der Waals surface area (Å²) >= 11 is 0. The molecule has 116 valence electrons. The highest BCUT2D eigenvalue weighted by atomic mass is 16.3. The summed E-state index contributed by atoms with van der Waals surface area (Å²) < 4.78 is 0. The van der Waals surface area contributed by atoms with Crippen LogP contribution in [0, 0.1) is 6.92 Å². The Bertz CT molecular complexity index is 772. The zero-order valence-corrected chi connectivity index (χ0v) is 12.4. The number of phenolic OH excluding ortho intramolecular Hbond substituents is 2. The third kappa shape index (κ3) is 3.85. The van der Waals surface area contributed by atoms with Crippen molar-refractivity contribution < 1.29 is 10.2 Å². The predicted molar refractivity (Wildman–Crippen MR) is 87.3 cm³/mol. The summed E-state index contributed by atoms with van der Waals surface area (Å²) in [5.74, 6) is 1.54. The molecule has 1 heterocycles. The second-order valence-corrected chi connectivity index (χ2v) is 4.88. The van der Waals surface area contributed by atoms with Crippen molar-refractivity contribution in [2.45, 2.75) is 6.92 Å². The van der Waals surface area contributed by atoms with Crippen molar-refractivity contribution in [3.05, 3.63) is 54.4 Å². The molecule has 23 heavy (non-hydrogen) atoms. The highest BCUT2D eigenvalue weighted by Gasteiger charge is 2.06. The largest absolute Gasteiger partial charge is 0.508 e. The second kappa shape index (κ2) is 6.18. The maximum atomic E-state index is 9.49. The van der Waals surface area contributed by atoms with Crippen molar-refractivity contribution in [1.82, 2.24) is 15.0 Å². The lowest BCUT2D eigenvalue weighted by atomic mass is 10.3. The van der Waals surface area contributed by atoms with E-state index in [4.69, 9.17) is 0 Å². The third-order valence-electron chi connectivity index (χ3n) is 2.95. The highest BCUT2D eigenvalue weighted by molar-refractivity contribution is 5.59. The van der Waals surface area contributed by atoms with Gasteiger partial charge in [-0.3, -0.25) is 0 Å². The van der Waals surface area contributed by atoms with E-state index in [1.54, 1.807) is 55.5 Å². The van der Waals surface area contributed by atoms with Gasteiger partial charge in [-0.2, -0.15) is 15.0 Å². The van der Waals surface area contributed by atoms with Gasteiger partial charge in [0.2, 0.25) is 11.9 Å². The van der Waals surface area contributed by atoms with E-state index < -0.39 is 0 Å². The minimum atomic E-state index is 0.152. The van der Waals surface area contributed by atoms with E-state index in [1.165, 1.54) is 0 Å². The number of hydrogen-bond donors (Lipinski definition) is 4. The molecule has 0 amide bonds. The standard InChI is InChI=1S/C16H15N5O2/c1-10-17-15(19-11-4-2-6-13(22)8-11)21-16(18-10)20-12-5-3-7-14(23)9-12/h2-9,22-23H,1H3,(H2,17,18,19,20,21). The molecule has 7 nitrogen and oxygen atoms in total. The van der Waals surface area contributed by atoms with Gasteiger partial charge in [-0.1, -0.05) is 12.1 Å². The van der Waals surface area contributed by atoms with Crippen LogP contribution < -0.4 is 10.6 Å². The van der Waals surface area contributed by atoms with Crippen LogP contribution in [0.15, 0.2) is 48.5 Å². The molecule has 1 aromatic heterocycles. The molecule has 0 aliphatic rings. The van der Waals surface area contributed by atoms with E-state index in [0.717, 1.165) is 0 Å². The van der Waals surface area contributed by atoms with Crippen LogP contribution in [0.4, 0.5) is 23.3 Å². The maximum Gasteiger partial charge on any atom is 0.232 e. The van der Waals surface area contributed by atoms with Crippen LogP contribution in [0.25, 0.3) is 0 Å². The van der Waals surface area contributed by atoms with Crippen molar-refractivity contribution in [2.75, 3.05) is 10.6 Å². The van der Waals surface area contributed by atoms with Crippen LogP contribution in [-0.2, 0) is 0 Å². The molecule has 0 radical (unpaired) electrons. The topological polar surface area (TPSA) is 103 Å². The Balaban J connectivity index is 1.84. The number of nitrogens with zero attached hydrogens (tertiary/aromatic N) is 3. The number of nitrogens with one attached hydrogen (secondary N) is 2. The van der Waals surface area contributed by atoms with Crippen LogP contribution in [0.5, 0.6) is 11.5 Å². The zero-order valence-electron chi connectivity index (χ0n) is 12.4. The predicted octanol–water partition coefficient (Wildman–Crippen LogP) is 3.08. The van der Waals surface area contributed by atoms with Gasteiger partial charge in [0, 0.05) is 23.5 Å². The van der Waals surface area contributed by atoms with E-state index in [0.29, 0.717) is 29.1 Å². The molecule has 3 rings (SSSR count). The molecule has 2 aromatic carbocycles. The molecule has 3 aromatic rings. The Morgan fingerprint density at radius 1 is 0.739 bits per heavy atom. The third-order valence-corrected chi connectivity index (χ3v) is 2.95. The lowest BCUT2D eigenvalue weighted by Crippen LogP contribution is -2.05. The van der Waals surface area contributed by atoms with Gasteiger partial charge in [0.15, 0.2) is 0 Å².